The third-order valence-corrected chi connectivity index (χ3v) is 2.14. The molecule has 6 nitrogen and oxygen atoms in total. The molecule has 6 heteroatoms. The second kappa shape index (κ2) is 3.65. The van der Waals surface area contributed by atoms with Crippen LogP contribution in [0.3, 0.4) is 0 Å². The Balaban J connectivity index is 2.50. The molecule has 1 heterocycles. The Bertz CT molecular complexity index is 548. The number of primary amides is 1. The fourth-order valence-corrected chi connectivity index (χ4v) is 1.30. The van der Waals surface area contributed by atoms with Crippen molar-refractivity contribution in [2.45, 2.75) is 6.92 Å². The molecule has 82 valence electrons. The van der Waals surface area contributed by atoms with E-state index in [0.29, 0.717) is 11.3 Å². The van der Waals surface area contributed by atoms with Gasteiger partial charge in [0.2, 0.25) is 0 Å². The van der Waals surface area contributed by atoms with E-state index in [1.54, 1.807) is 12.1 Å². The van der Waals surface area contributed by atoms with E-state index in [4.69, 9.17) is 16.0 Å². The molecular weight excluding hydrogens is 208 g/mol. The SMILES string of the molecule is Cc1ccc(N)cc1-c1nc(C(N)=O)no1. The molecule has 0 bridgehead atoms. The van der Waals surface area contributed by atoms with Gasteiger partial charge < -0.3 is 16.0 Å². The summed E-state index contributed by atoms with van der Waals surface area (Å²) in [7, 11) is 0. The number of hydrogen-bond acceptors (Lipinski definition) is 5. The highest BCUT2D eigenvalue weighted by Crippen LogP contribution is 2.23. The van der Waals surface area contributed by atoms with Crippen molar-refractivity contribution in [1.29, 1.82) is 0 Å². The highest BCUT2D eigenvalue weighted by atomic mass is 16.5. The molecular formula is C10H10N4O2. The molecule has 0 aliphatic rings. The number of hydrogen-bond donors (Lipinski definition) is 2. The van der Waals surface area contributed by atoms with E-state index in [-0.39, 0.29) is 11.7 Å². The highest BCUT2D eigenvalue weighted by Gasteiger charge is 2.14. The van der Waals surface area contributed by atoms with Gasteiger partial charge in [-0.3, -0.25) is 4.79 Å². The number of amides is 1. The number of carbonyl (C=O) groups is 1. The van der Waals surface area contributed by atoms with E-state index < -0.39 is 5.91 Å². The molecule has 2 rings (SSSR count). The van der Waals surface area contributed by atoms with E-state index >= 15 is 0 Å². The van der Waals surface area contributed by atoms with Crippen LogP contribution >= 0.6 is 0 Å². The number of anilines is 1. The van der Waals surface area contributed by atoms with Gasteiger partial charge in [-0.2, -0.15) is 4.98 Å². The van der Waals surface area contributed by atoms with Crippen molar-refractivity contribution in [3.8, 4) is 11.5 Å². The smallest absolute Gasteiger partial charge is 0.290 e. The number of nitrogens with two attached hydrogens (primary N) is 2. The number of benzene rings is 1. The predicted octanol–water partition coefficient (Wildman–Crippen LogP) is 0.726. The maximum atomic E-state index is 10.8. The molecule has 1 amide bonds. The normalized spacial score (nSPS) is 10.3. The van der Waals surface area contributed by atoms with Gasteiger partial charge in [0.05, 0.1) is 0 Å². The standard InChI is InChI=1S/C10H10N4O2/c1-5-2-3-6(11)4-7(5)10-13-9(8(12)15)14-16-10/h2-4H,11H2,1H3,(H2,12,15). The number of carbonyl (C=O) groups excluding carboxylic acids is 1. The Morgan fingerprint density at radius 1 is 1.44 bits per heavy atom. The maximum absolute atomic E-state index is 10.8. The minimum atomic E-state index is -0.725. The summed E-state index contributed by atoms with van der Waals surface area (Å²) in [6.45, 7) is 1.88. The van der Waals surface area contributed by atoms with E-state index in [1.165, 1.54) is 0 Å². The van der Waals surface area contributed by atoms with Crippen molar-refractivity contribution in [2.75, 3.05) is 5.73 Å². The number of nitrogen functional groups attached to an aromatic ring is 1. The van der Waals surface area contributed by atoms with Gasteiger partial charge in [0.25, 0.3) is 17.6 Å². The zero-order valence-corrected chi connectivity index (χ0v) is 8.60. The summed E-state index contributed by atoms with van der Waals surface area (Å²) in [5.41, 5.74) is 12.9. The number of aryl methyl sites for hydroxylation is 1. The van der Waals surface area contributed by atoms with Crippen LogP contribution < -0.4 is 11.5 Å². The molecule has 0 aliphatic carbocycles. The number of rotatable bonds is 2. The molecule has 0 atom stereocenters. The molecule has 0 unspecified atom stereocenters. The van der Waals surface area contributed by atoms with Gasteiger partial charge in [-0.1, -0.05) is 11.2 Å². The van der Waals surface area contributed by atoms with Gasteiger partial charge in [-0.15, -0.1) is 0 Å². The van der Waals surface area contributed by atoms with E-state index in [0.717, 1.165) is 5.56 Å². The number of aromatic nitrogens is 2. The molecule has 0 aliphatic heterocycles. The van der Waals surface area contributed by atoms with Crippen molar-refractivity contribution >= 4 is 11.6 Å². The minimum absolute atomic E-state index is 0.142. The molecule has 16 heavy (non-hydrogen) atoms. The second-order valence-electron chi connectivity index (χ2n) is 3.36. The summed E-state index contributed by atoms with van der Waals surface area (Å²) in [5, 5.41) is 3.46. The predicted molar refractivity (Wildman–Crippen MR) is 57.4 cm³/mol. The average molecular weight is 218 g/mol. The first-order valence-corrected chi connectivity index (χ1v) is 4.58. The lowest BCUT2D eigenvalue weighted by Crippen LogP contribution is -2.12. The van der Waals surface area contributed by atoms with Gasteiger partial charge in [-0.05, 0) is 24.6 Å². The molecule has 0 radical (unpaired) electrons. The second-order valence-corrected chi connectivity index (χ2v) is 3.36. The monoisotopic (exact) mass is 218 g/mol. The Hall–Kier alpha value is -2.37. The molecule has 0 spiro atoms. The fourth-order valence-electron chi connectivity index (χ4n) is 1.30. The Morgan fingerprint density at radius 3 is 2.81 bits per heavy atom. The molecule has 0 saturated heterocycles. The van der Waals surface area contributed by atoms with Crippen molar-refractivity contribution < 1.29 is 9.32 Å². The van der Waals surface area contributed by atoms with Gasteiger partial charge in [0.1, 0.15) is 0 Å². The molecule has 1 aromatic carbocycles. The van der Waals surface area contributed by atoms with E-state index in [1.807, 2.05) is 13.0 Å². The van der Waals surface area contributed by atoms with Crippen LogP contribution in [0.15, 0.2) is 22.7 Å². The molecule has 2 aromatic rings. The van der Waals surface area contributed by atoms with Crippen molar-refractivity contribution in [1.82, 2.24) is 10.1 Å². The summed E-state index contributed by atoms with van der Waals surface area (Å²) < 4.78 is 4.93. The Kier molecular flexibility index (Phi) is 2.32. The minimum Gasteiger partial charge on any atom is -0.399 e. The largest absolute Gasteiger partial charge is 0.399 e. The summed E-state index contributed by atoms with van der Waals surface area (Å²) in [4.78, 5) is 14.7. The van der Waals surface area contributed by atoms with Crippen molar-refractivity contribution in [3.05, 3.63) is 29.6 Å². The van der Waals surface area contributed by atoms with Gasteiger partial charge in [0, 0.05) is 11.3 Å². The molecule has 1 aromatic heterocycles. The average Bonchev–Trinajstić information content (AvgIpc) is 2.70. The molecule has 4 N–H and O–H groups in total. The lowest BCUT2D eigenvalue weighted by atomic mass is 10.1. The van der Waals surface area contributed by atoms with Crippen LogP contribution in [0.2, 0.25) is 0 Å². The third kappa shape index (κ3) is 1.72. The zero-order chi connectivity index (χ0) is 11.7. The van der Waals surface area contributed by atoms with E-state index in [9.17, 15) is 4.79 Å². The van der Waals surface area contributed by atoms with Crippen LogP contribution in [0.1, 0.15) is 16.2 Å². The summed E-state index contributed by atoms with van der Waals surface area (Å²) in [6.07, 6.45) is 0. The van der Waals surface area contributed by atoms with Crippen molar-refractivity contribution in [3.63, 3.8) is 0 Å². The zero-order valence-electron chi connectivity index (χ0n) is 8.60. The summed E-state index contributed by atoms with van der Waals surface area (Å²) >= 11 is 0. The number of nitrogens with zero attached hydrogens (tertiary/aromatic N) is 2. The quantitative estimate of drug-likeness (QED) is 0.722. The van der Waals surface area contributed by atoms with Crippen LogP contribution in [0.4, 0.5) is 5.69 Å². The van der Waals surface area contributed by atoms with Crippen LogP contribution in [0, 0.1) is 6.92 Å². The fraction of sp³-hybridized carbons (Fsp3) is 0.100. The first-order chi connectivity index (χ1) is 7.58. The van der Waals surface area contributed by atoms with Crippen LogP contribution in [-0.4, -0.2) is 16.0 Å². The maximum Gasteiger partial charge on any atom is 0.290 e. The van der Waals surface area contributed by atoms with Gasteiger partial charge in [-0.25, -0.2) is 0 Å². The Labute approximate surface area is 91.2 Å². The van der Waals surface area contributed by atoms with Crippen LogP contribution in [0.5, 0.6) is 0 Å². The first-order valence-electron chi connectivity index (χ1n) is 4.58. The lowest BCUT2D eigenvalue weighted by molar-refractivity contribution is 0.0987. The first kappa shape index (κ1) is 10.2. The summed E-state index contributed by atoms with van der Waals surface area (Å²) in [5.74, 6) is -0.632. The van der Waals surface area contributed by atoms with Gasteiger partial charge >= 0.3 is 0 Å². The highest BCUT2D eigenvalue weighted by molar-refractivity contribution is 5.89. The van der Waals surface area contributed by atoms with Crippen LogP contribution in [0.25, 0.3) is 11.5 Å². The summed E-state index contributed by atoms with van der Waals surface area (Å²) in [6, 6.07) is 5.30. The lowest BCUT2D eigenvalue weighted by Gasteiger charge is -2.01. The topological polar surface area (TPSA) is 108 Å². The van der Waals surface area contributed by atoms with E-state index in [2.05, 4.69) is 10.1 Å². The Morgan fingerprint density at radius 2 is 2.19 bits per heavy atom. The molecule has 0 saturated carbocycles. The van der Waals surface area contributed by atoms with Gasteiger partial charge in [0.15, 0.2) is 0 Å². The third-order valence-electron chi connectivity index (χ3n) is 2.14. The van der Waals surface area contributed by atoms with Crippen LogP contribution in [-0.2, 0) is 0 Å². The molecule has 0 fully saturated rings. The van der Waals surface area contributed by atoms with Crippen molar-refractivity contribution in [2.24, 2.45) is 5.73 Å².